The summed E-state index contributed by atoms with van der Waals surface area (Å²) < 4.78 is 19.2. The Kier molecular flexibility index (Phi) is 7.86. The summed E-state index contributed by atoms with van der Waals surface area (Å²) in [7, 11) is 0. The van der Waals surface area contributed by atoms with E-state index in [1.807, 2.05) is 35.2 Å². The van der Waals surface area contributed by atoms with Crippen molar-refractivity contribution in [1.29, 1.82) is 5.26 Å². The molecule has 0 unspecified atom stereocenters. The van der Waals surface area contributed by atoms with E-state index in [0.717, 1.165) is 68.7 Å². The minimum Gasteiger partial charge on any atom is -0.490 e. The number of ether oxygens (including phenoxy) is 1. The highest BCUT2D eigenvalue weighted by Crippen LogP contribution is 2.24. The summed E-state index contributed by atoms with van der Waals surface area (Å²) >= 11 is 0. The third kappa shape index (κ3) is 6.39. The van der Waals surface area contributed by atoms with Crippen LogP contribution in [0.15, 0.2) is 72.5 Å². The van der Waals surface area contributed by atoms with Crippen LogP contribution in [0.25, 0.3) is 0 Å². The summed E-state index contributed by atoms with van der Waals surface area (Å²) in [5, 5.41) is 8.94. The van der Waals surface area contributed by atoms with Crippen LogP contribution in [0, 0.1) is 17.1 Å². The van der Waals surface area contributed by atoms with Crippen LogP contribution >= 0.6 is 0 Å². The average molecular weight is 501 g/mol. The third-order valence-corrected chi connectivity index (χ3v) is 7.53. The van der Waals surface area contributed by atoms with Crippen LogP contribution < -0.4 is 4.74 Å². The molecule has 0 bridgehead atoms. The van der Waals surface area contributed by atoms with Gasteiger partial charge in [-0.1, -0.05) is 24.3 Å². The average Bonchev–Trinajstić information content (AvgIpc) is 2.95. The third-order valence-electron chi connectivity index (χ3n) is 7.53. The quantitative estimate of drug-likeness (QED) is 0.585. The number of carbonyl (C=O) groups excluding carboxylic acids is 1. The van der Waals surface area contributed by atoms with Crippen molar-refractivity contribution in [3.05, 3.63) is 89.4 Å². The predicted octanol–water partition coefficient (Wildman–Crippen LogP) is 4.49. The number of piperidine rings is 2. The van der Waals surface area contributed by atoms with Gasteiger partial charge in [-0.25, -0.2) is 4.39 Å². The first-order chi connectivity index (χ1) is 18.1. The molecule has 6 nitrogen and oxygen atoms in total. The van der Waals surface area contributed by atoms with Crippen molar-refractivity contribution in [3.63, 3.8) is 0 Å². The molecule has 0 spiro atoms. The second kappa shape index (κ2) is 11.6. The fraction of sp³-hybridized carbons (Fsp3) is 0.400. The van der Waals surface area contributed by atoms with Gasteiger partial charge in [-0.3, -0.25) is 9.69 Å². The maximum absolute atomic E-state index is 13.3. The number of amides is 1. The number of benzene rings is 2. The zero-order chi connectivity index (χ0) is 25.6. The smallest absolute Gasteiger partial charge is 0.255 e. The molecule has 3 heterocycles. The lowest BCUT2D eigenvalue weighted by Crippen LogP contribution is -2.45. The highest BCUT2D eigenvalue weighted by atomic mass is 19.1. The Morgan fingerprint density at radius 3 is 2.35 bits per heavy atom. The maximum Gasteiger partial charge on any atom is 0.255 e. The largest absolute Gasteiger partial charge is 0.490 e. The molecule has 2 saturated heterocycles. The molecule has 2 aromatic rings. The summed E-state index contributed by atoms with van der Waals surface area (Å²) in [5.74, 6) is 0.658. The highest BCUT2D eigenvalue weighted by Gasteiger charge is 2.28. The first kappa shape index (κ1) is 25.0. The minimum atomic E-state index is -0.196. The van der Waals surface area contributed by atoms with Gasteiger partial charge in [0, 0.05) is 64.4 Å². The molecule has 3 aliphatic heterocycles. The molecule has 0 N–H and O–H groups in total. The Bertz CT molecular complexity index is 1170. The molecule has 0 radical (unpaired) electrons. The molecule has 2 fully saturated rings. The number of nitriles is 1. The number of likely N-dealkylation sites (tertiary alicyclic amines) is 2. The van der Waals surface area contributed by atoms with Crippen LogP contribution in [-0.4, -0.2) is 65.5 Å². The molecule has 37 heavy (non-hydrogen) atoms. The van der Waals surface area contributed by atoms with Gasteiger partial charge in [0.2, 0.25) is 0 Å². The van der Waals surface area contributed by atoms with Crippen molar-refractivity contribution in [2.75, 3.05) is 32.7 Å². The van der Waals surface area contributed by atoms with Gasteiger partial charge in [0.15, 0.2) is 0 Å². The van der Waals surface area contributed by atoms with E-state index in [0.29, 0.717) is 24.7 Å². The van der Waals surface area contributed by atoms with Gasteiger partial charge in [-0.2, -0.15) is 5.26 Å². The molecule has 5 rings (SSSR count). The molecule has 1 amide bonds. The molecule has 0 aromatic heterocycles. The Morgan fingerprint density at radius 1 is 0.973 bits per heavy atom. The Labute approximate surface area is 218 Å². The summed E-state index contributed by atoms with van der Waals surface area (Å²) in [4.78, 5) is 19.9. The van der Waals surface area contributed by atoms with Crippen LogP contribution in [0.1, 0.15) is 36.8 Å². The van der Waals surface area contributed by atoms with Crippen molar-refractivity contribution in [2.24, 2.45) is 0 Å². The number of hydrogen-bond acceptors (Lipinski definition) is 5. The summed E-state index contributed by atoms with van der Waals surface area (Å²) in [5.41, 5.74) is 2.51. The first-order valence-electron chi connectivity index (χ1n) is 13.1. The van der Waals surface area contributed by atoms with Crippen LogP contribution in [0.4, 0.5) is 4.39 Å². The monoisotopic (exact) mass is 500 g/mol. The van der Waals surface area contributed by atoms with E-state index in [4.69, 9.17) is 10.00 Å². The molecular formula is C30H33FN4O2. The van der Waals surface area contributed by atoms with Crippen LogP contribution in [0.5, 0.6) is 5.75 Å². The van der Waals surface area contributed by atoms with E-state index >= 15 is 0 Å². The molecule has 192 valence electrons. The number of hydrogen-bond donors (Lipinski definition) is 0. The highest BCUT2D eigenvalue weighted by molar-refractivity contribution is 5.96. The maximum atomic E-state index is 13.3. The van der Waals surface area contributed by atoms with E-state index in [9.17, 15) is 9.18 Å². The van der Waals surface area contributed by atoms with Crippen molar-refractivity contribution in [2.45, 2.75) is 44.4 Å². The molecular weight excluding hydrogens is 467 g/mol. The second-order valence-corrected chi connectivity index (χ2v) is 10.1. The molecule has 0 aliphatic carbocycles. The van der Waals surface area contributed by atoms with Crippen LogP contribution in [0.2, 0.25) is 0 Å². The SMILES string of the molecule is N#Cc1ccc(OC2CCN(C(=O)C3=CN(C4CCN(Cc5ccc(F)cc5)CC4)CC=C3)CC2)cc1. The van der Waals surface area contributed by atoms with Gasteiger partial charge < -0.3 is 14.5 Å². The first-order valence-corrected chi connectivity index (χ1v) is 13.1. The van der Waals surface area contributed by atoms with Crippen molar-refractivity contribution < 1.29 is 13.9 Å². The van der Waals surface area contributed by atoms with Crippen molar-refractivity contribution in [3.8, 4) is 11.8 Å². The number of halogens is 1. The van der Waals surface area contributed by atoms with Crippen LogP contribution in [-0.2, 0) is 11.3 Å². The van der Waals surface area contributed by atoms with Gasteiger partial charge in [0.05, 0.1) is 17.2 Å². The Balaban J connectivity index is 1.10. The fourth-order valence-corrected chi connectivity index (χ4v) is 5.37. The zero-order valence-electron chi connectivity index (χ0n) is 21.1. The topological polar surface area (TPSA) is 59.8 Å². The molecule has 0 atom stereocenters. The summed E-state index contributed by atoms with van der Waals surface area (Å²) in [6.07, 6.45) is 9.86. The van der Waals surface area contributed by atoms with Crippen LogP contribution in [0.3, 0.4) is 0 Å². The van der Waals surface area contributed by atoms with E-state index in [1.165, 1.54) is 12.1 Å². The molecule has 2 aromatic carbocycles. The molecule has 3 aliphatic rings. The lowest BCUT2D eigenvalue weighted by molar-refractivity contribution is -0.128. The number of rotatable bonds is 6. The Hall–Kier alpha value is -3.63. The van der Waals surface area contributed by atoms with Gasteiger partial charge >= 0.3 is 0 Å². The zero-order valence-corrected chi connectivity index (χ0v) is 21.1. The minimum absolute atomic E-state index is 0.0736. The Morgan fingerprint density at radius 2 is 1.68 bits per heavy atom. The van der Waals surface area contributed by atoms with Gasteiger partial charge in [0.25, 0.3) is 5.91 Å². The fourth-order valence-electron chi connectivity index (χ4n) is 5.37. The van der Waals surface area contributed by atoms with E-state index in [-0.39, 0.29) is 17.8 Å². The van der Waals surface area contributed by atoms with Crippen molar-refractivity contribution >= 4 is 5.91 Å². The standard InChI is InChI=1S/C30H33FN4O2/c31-26-7-3-24(4-8-26)21-33-16-11-27(12-17-33)35-15-1-2-25(22-35)30(36)34-18-13-29(14-19-34)37-28-9-5-23(20-32)6-10-28/h1-10,22,27,29H,11-19,21H2. The summed E-state index contributed by atoms with van der Waals surface area (Å²) in [6, 6.07) is 16.5. The van der Waals surface area contributed by atoms with E-state index < -0.39 is 0 Å². The second-order valence-electron chi connectivity index (χ2n) is 10.1. The predicted molar refractivity (Wildman–Crippen MR) is 140 cm³/mol. The van der Waals surface area contributed by atoms with E-state index in [1.54, 1.807) is 12.1 Å². The van der Waals surface area contributed by atoms with Crippen molar-refractivity contribution in [1.82, 2.24) is 14.7 Å². The molecule has 7 heteroatoms. The van der Waals surface area contributed by atoms with Gasteiger partial charge in [-0.05, 0) is 54.8 Å². The lowest BCUT2D eigenvalue weighted by Gasteiger charge is -2.39. The van der Waals surface area contributed by atoms with Gasteiger partial charge in [0.1, 0.15) is 17.7 Å². The summed E-state index contributed by atoms with van der Waals surface area (Å²) in [6.45, 7) is 5.01. The van der Waals surface area contributed by atoms with Gasteiger partial charge in [-0.15, -0.1) is 0 Å². The van der Waals surface area contributed by atoms with E-state index in [2.05, 4.69) is 28.1 Å². The number of carbonyl (C=O) groups is 1. The lowest BCUT2D eigenvalue weighted by atomic mass is 10.0. The number of nitrogens with zero attached hydrogens (tertiary/aromatic N) is 4. The molecule has 0 saturated carbocycles. The normalized spacial score (nSPS) is 19.4.